The number of aromatic nitrogens is 2. The molecule has 6 aromatic carbocycles. The Labute approximate surface area is 228 Å². The number of fused-ring (bicyclic) bond motifs is 9. The van der Waals surface area contributed by atoms with E-state index in [0.29, 0.717) is 0 Å². The topological polar surface area (TPSA) is 31.6 Å². The molecule has 0 aliphatic heterocycles. The van der Waals surface area contributed by atoms with Crippen molar-refractivity contribution in [3.8, 4) is 22.3 Å². The SMILES string of the molecule is c1ccc2c(c1)[nH]c1c(-c3ccc4sc5ccc(-c6cccc7c6[nH]c6ccccc67)cc5c4c3)cccc12. The third-order valence-electron chi connectivity index (χ3n) is 8.17. The van der Waals surface area contributed by atoms with Crippen LogP contribution in [0.25, 0.3) is 86.0 Å². The third-order valence-corrected chi connectivity index (χ3v) is 9.33. The van der Waals surface area contributed by atoms with Gasteiger partial charge in [0.15, 0.2) is 0 Å². The van der Waals surface area contributed by atoms with E-state index >= 15 is 0 Å². The Morgan fingerprint density at radius 1 is 0.385 bits per heavy atom. The molecule has 2 nitrogen and oxygen atoms in total. The summed E-state index contributed by atoms with van der Waals surface area (Å²) in [5, 5.41) is 7.70. The van der Waals surface area contributed by atoms with Crippen molar-refractivity contribution in [1.29, 1.82) is 0 Å². The van der Waals surface area contributed by atoms with Crippen molar-refractivity contribution < 1.29 is 0 Å². The molecule has 0 saturated carbocycles. The fourth-order valence-electron chi connectivity index (χ4n) is 6.34. The number of hydrogen-bond acceptors (Lipinski definition) is 1. The maximum atomic E-state index is 3.68. The summed E-state index contributed by atoms with van der Waals surface area (Å²) in [4.78, 5) is 7.36. The summed E-state index contributed by atoms with van der Waals surface area (Å²) in [5.41, 5.74) is 9.71. The van der Waals surface area contributed by atoms with Gasteiger partial charge in [0.1, 0.15) is 0 Å². The lowest BCUT2D eigenvalue weighted by atomic mass is 9.98. The van der Waals surface area contributed by atoms with E-state index in [1.54, 1.807) is 0 Å². The zero-order valence-electron chi connectivity index (χ0n) is 21.0. The van der Waals surface area contributed by atoms with E-state index in [9.17, 15) is 0 Å². The van der Waals surface area contributed by atoms with Crippen LogP contribution in [-0.2, 0) is 0 Å². The van der Waals surface area contributed by atoms with Gasteiger partial charge in [0.05, 0.1) is 11.0 Å². The minimum absolute atomic E-state index is 1.18. The van der Waals surface area contributed by atoms with Crippen LogP contribution in [-0.4, -0.2) is 9.97 Å². The minimum atomic E-state index is 1.18. The average Bonchev–Trinajstić information content (AvgIpc) is 3.67. The predicted molar refractivity (Wildman–Crippen MR) is 169 cm³/mol. The van der Waals surface area contributed by atoms with Gasteiger partial charge in [-0.25, -0.2) is 0 Å². The Morgan fingerprint density at radius 3 is 1.36 bits per heavy atom. The number of thiophene rings is 1. The Bertz CT molecular complexity index is 2230. The maximum Gasteiger partial charge on any atom is 0.0544 e. The van der Waals surface area contributed by atoms with Crippen LogP contribution in [0.1, 0.15) is 0 Å². The summed E-state index contributed by atoms with van der Waals surface area (Å²) in [7, 11) is 0. The van der Waals surface area contributed by atoms with Gasteiger partial charge in [-0.05, 0) is 47.5 Å². The molecule has 0 bridgehead atoms. The van der Waals surface area contributed by atoms with Crippen LogP contribution in [0.4, 0.5) is 0 Å². The molecular weight excluding hydrogens is 492 g/mol. The normalized spacial score (nSPS) is 12.1. The first-order chi connectivity index (χ1) is 19.3. The van der Waals surface area contributed by atoms with Crippen LogP contribution in [0.2, 0.25) is 0 Å². The molecule has 0 spiro atoms. The molecule has 0 fully saturated rings. The van der Waals surface area contributed by atoms with E-state index < -0.39 is 0 Å². The zero-order chi connectivity index (χ0) is 25.5. The second kappa shape index (κ2) is 7.83. The quantitative estimate of drug-likeness (QED) is 0.230. The second-order valence-corrected chi connectivity index (χ2v) is 11.4. The number of hydrogen-bond donors (Lipinski definition) is 2. The van der Waals surface area contributed by atoms with Gasteiger partial charge in [0.25, 0.3) is 0 Å². The van der Waals surface area contributed by atoms with Gasteiger partial charge in [-0.1, -0.05) is 84.9 Å². The molecule has 0 aliphatic carbocycles. The van der Waals surface area contributed by atoms with Crippen LogP contribution < -0.4 is 0 Å². The molecule has 3 heteroatoms. The predicted octanol–water partition coefficient (Wildman–Crippen LogP) is 10.7. The van der Waals surface area contributed by atoms with E-state index in [0.717, 1.165) is 0 Å². The number of aromatic amines is 2. The summed E-state index contributed by atoms with van der Waals surface area (Å²) < 4.78 is 2.64. The van der Waals surface area contributed by atoms with Crippen molar-refractivity contribution in [3.63, 3.8) is 0 Å². The van der Waals surface area contributed by atoms with Crippen molar-refractivity contribution in [2.75, 3.05) is 0 Å². The minimum Gasteiger partial charge on any atom is -0.354 e. The lowest BCUT2D eigenvalue weighted by Gasteiger charge is -2.06. The van der Waals surface area contributed by atoms with Gasteiger partial charge in [0, 0.05) is 63.9 Å². The molecule has 0 saturated heterocycles. The van der Waals surface area contributed by atoms with Crippen LogP contribution in [0.3, 0.4) is 0 Å². The molecule has 9 rings (SSSR count). The zero-order valence-corrected chi connectivity index (χ0v) is 21.8. The van der Waals surface area contributed by atoms with Gasteiger partial charge in [-0.2, -0.15) is 0 Å². The first-order valence-electron chi connectivity index (χ1n) is 13.3. The van der Waals surface area contributed by atoms with Crippen LogP contribution in [0.5, 0.6) is 0 Å². The molecule has 0 radical (unpaired) electrons. The number of benzene rings is 6. The molecule has 39 heavy (non-hydrogen) atoms. The van der Waals surface area contributed by atoms with Crippen molar-refractivity contribution in [2.45, 2.75) is 0 Å². The van der Waals surface area contributed by atoms with E-state index in [2.05, 4.69) is 131 Å². The first kappa shape index (κ1) is 21.1. The summed E-state index contributed by atoms with van der Waals surface area (Å²) in [6.45, 7) is 0. The maximum absolute atomic E-state index is 3.68. The molecule has 2 N–H and O–H groups in total. The van der Waals surface area contributed by atoms with Crippen LogP contribution in [0.15, 0.2) is 121 Å². The number of rotatable bonds is 2. The Kier molecular flexibility index (Phi) is 4.24. The monoisotopic (exact) mass is 514 g/mol. The third kappa shape index (κ3) is 3.02. The molecule has 182 valence electrons. The molecule has 9 aromatic rings. The number of H-pyrrole nitrogens is 2. The number of para-hydroxylation sites is 4. The summed E-state index contributed by atoms with van der Waals surface area (Å²) in [5.74, 6) is 0. The summed E-state index contributed by atoms with van der Waals surface area (Å²) in [6.07, 6.45) is 0. The Balaban J connectivity index is 1.26. The van der Waals surface area contributed by atoms with E-state index in [-0.39, 0.29) is 0 Å². The van der Waals surface area contributed by atoms with Crippen molar-refractivity contribution >= 4 is 75.1 Å². The smallest absolute Gasteiger partial charge is 0.0544 e. The fraction of sp³-hybridized carbons (Fsp3) is 0. The van der Waals surface area contributed by atoms with Gasteiger partial charge in [0.2, 0.25) is 0 Å². The largest absolute Gasteiger partial charge is 0.354 e. The lowest BCUT2D eigenvalue weighted by Crippen LogP contribution is -1.82. The Morgan fingerprint density at radius 2 is 0.846 bits per heavy atom. The van der Waals surface area contributed by atoms with Crippen molar-refractivity contribution in [1.82, 2.24) is 9.97 Å². The number of nitrogens with one attached hydrogen (secondary N) is 2. The summed E-state index contributed by atoms with van der Waals surface area (Å²) >= 11 is 1.87. The van der Waals surface area contributed by atoms with Crippen LogP contribution >= 0.6 is 11.3 Å². The molecule has 0 amide bonds. The molecule has 3 aromatic heterocycles. The molecule has 3 heterocycles. The van der Waals surface area contributed by atoms with Crippen molar-refractivity contribution in [3.05, 3.63) is 121 Å². The highest BCUT2D eigenvalue weighted by Gasteiger charge is 2.14. The van der Waals surface area contributed by atoms with E-state index in [1.807, 2.05) is 11.3 Å². The summed E-state index contributed by atoms with van der Waals surface area (Å²) in [6, 6.07) is 44.2. The molecule has 0 atom stereocenters. The van der Waals surface area contributed by atoms with Crippen molar-refractivity contribution in [2.24, 2.45) is 0 Å². The molecule has 0 aliphatic rings. The van der Waals surface area contributed by atoms with Crippen LogP contribution in [0, 0.1) is 0 Å². The average molecular weight is 515 g/mol. The Hall–Kier alpha value is -4.86. The van der Waals surface area contributed by atoms with Gasteiger partial charge in [-0.15, -0.1) is 11.3 Å². The van der Waals surface area contributed by atoms with Gasteiger partial charge >= 0.3 is 0 Å². The fourth-order valence-corrected chi connectivity index (χ4v) is 7.41. The molecule has 0 unspecified atom stereocenters. The van der Waals surface area contributed by atoms with Gasteiger partial charge < -0.3 is 9.97 Å². The first-order valence-corrected chi connectivity index (χ1v) is 14.1. The highest BCUT2D eigenvalue weighted by atomic mass is 32.1. The standard InChI is InChI=1S/C36H22N2S/c1-3-13-31-25(7-1)27-11-5-9-23(35(27)37-31)21-15-17-33-29(19-21)30-20-22(16-18-34(30)39-33)24-10-6-12-28-26-8-2-4-14-32(26)38-36(24)28/h1-20,37-38H. The lowest BCUT2D eigenvalue weighted by molar-refractivity contribution is 1.54. The highest BCUT2D eigenvalue weighted by Crippen LogP contribution is 2.41. The van der Waals surface area contributed by atoms with Gasteiger partial charge in [-0.3, -0.25) is 0 Å². The highest BCUT2D eigenvalue weighted by molar-refractivity contribution is 7.25. The second-order valence-electron chi connectivity index (χ2n) is 10.3. The van der Waals surface area contributed by atoms with E-state index in [4.69, 9.17) is 0 Å². The molecular formula is C36H22N2S. The van der Waals surface area contributed by atoms with E-state index in [1.165, 1.54) is 86.0 Å².